The first-order valence-corrected chi connectivity index (χ1v) is 6.67. The molecule has 0 aliphatic heterocycles. The summed E-state index contributed by atoms with van der Waals surface area (Å²) in [5.74, 6) is 0. The quantitative estimate of drug-likeness (QED) is 0.832. The van der Waals surface area contributed by atoms with Crippen molar-refractivity contribution in [2.24, 2.45) is 0 Å². The van der Waals surface area contributed by atoms with Crippen LogP contribution in [-0.4, -0.2) is 15.5 Å². The largest absolute Gasteiger partial charge is 0.310 e. The third-order valence-corrected chi connectivity index (χ3v) is 3.27. The highest BCUT2D eigenvalue weighted by atomic mass is 79.9. The Labute approximate surface area is 109 Å². The van der Waals surface area contributed by atoms with Crippen LogP contribution in [-0.2, 0) is 6.54 Å². The van der Waals surface area contributed by atoms with Crippen molar-refractivity contribution in [1.82, 2.24) is 9.78 Å². The smallest absolute Gasteiger partial charge is 0.0683 e. The van der Waals surface area contributed by atoms with Gasteiger partial charge in [0.15, 0.2) is 0 Å². The van der Waals surface area contributed by atoms with Crippen molar-refractivity contribution >= 4 is 32.5 Å². The average molecular weight is 294 g/mol. The maximum Gasteiger partial charge on any atom is 0.0683 e. The fourth-order valence-electron chi connectivity index (χ4n) is 1.90. The third-order valence-electron chi connectivity index (χ3n) is 2.78. The number of fused-ring (bicyclic) bond motifs is 1. The molecule has 0 amide bonds. The summed E-state index contributed by atoms with van der Waals surface area (Å²) in [4.78, 5) is 0. The van der Waals surface area contributed by atoms with E-state index in [2.05, 4.69) is 40.1 Å². The van der Waals surface area contributed by atoms with Crippen LogP contribution in [0.2, 0.25) is 0 Å². The lowest BCUT2D eigenvalue weighted by Crippen LogP contribution is -2.05. The summed E-state index contributed by atoms with van der Waals surface area (Å²) in [6.07, 6.45) is 4.61. The molecule has 1 aromatic carbocycles. The zero-order valence-electron chi connectivity index (χ0n) is 9.91. The van der Waals surface area contributed by atoms with E-state index in [4.69, 9.17) is 5.41 Å². The molecular weight excluding hydrogens is 278 g/mol. The molecule has 0 saturated heterocycles. The van der Waals surface area contributed by atoms with Crippen LogP contribution in [0.4, 0.5) is 0 Å². The molecule has 1 heterocycles. The van der Waals surface area contributed by atoms with Crippen LogP contribution in [0.5, 0.6) is 0 Å². The van der Waals surface area contributed by atoms with Crippen molar-refractivity contribution in [2.45, 2.75) is 32.7 Å². The molecule has 0 aliphatic rings. The summed E-state index contributed by atoms with van der Waals surface area (Å²) in [7, 11) is 0. The highest BCUT2D eigenvalue weighted by Crippen LogP contribution is 2.19. The van der Waals surface area contributed by atoms with Gasteiger partial charge in [0.1, 0.15) is 0 Å². The lowest BCUT2D eigenvalue weighted by atomic mass is 10.1. The van der Waals surface area contributed by atoms with Crippen LogP contribution in [0.15, 0.2) is 28.9 Å². The third kappa shape index (κ3) is 2.94. The number of nitrogens with zero attached hydrogens (tertiary/aromatic N) is 2. The highest BCUT2D eigenvalue weighted by Gasteiger charge is 2.04. The lowest BCUT2D eigenvalue weighted by molar-refractivity contribution is 0.650. The Kier molecular flexibility index (Phi) is 3.94. The number of rotatable bonds is 5. The Morgan fingerprint density at radius 2 is 2.24 bits per heavy atom. The van der Waals surface area contributed by atoms with E-state index in [1.165, 1.54) is 0 Å². The molecule has 2 rings (SSSR count). The maximum atomic E-state index is 7.78. The minimum absolute atomic E-state index is 0.792. The maximum absolute atomic E-state index is 7.78. The second-order valence-corrected chi connectivity index (χ2v) is 5.09. The number of nitrogens with one attached hydrogen (secondary N) is 1. The molecule has 0 bridgehead atoms. The summed E-state index contributed by atoms with van der Waals surface area (Å²) in [5.41, 5.74) is 1.95. The van der Waals surface area contributed by atoms with Gasteiger partial charge in [0.25, 0.3) is 0 Å². The van der Waals surface area contributed by atoms with Gasteiger partial charge in [-0.25, -0.2) is 0 Å². The van der Waals surface area contributed by atoms with E-state index in [9.17, 15) is 0 Å². The average Bonchev–Trinajstić information content (AvgIpc) is 2.69. The molecule has 0 atom stereocenters. The van der Waals surface area contributed by atoms with Crippen LogP contribution in [0, 0.1) is 5.41 Å². The molecule has 0 unspecified atom stereocenters. The van der Waals surface area contributed by atoms with Crippen molar-refractivity contribution < 1.29 is 0 Å². The molecule has 0 saturated carbocycles. The topological polar surface area (TPSA) is 41.7 Å². The van der Waals surface area contributed by atoms with Gasteiger partial charge < -0.3 is 5.41 Å². The van der Waals surface area contributed by atoms with Gasteiger partial charge in [0, 0.05) is 28.5 Å². The molecule has 0 fully saturated rings. The fraction of sp³-hybridized carbons (Fsp3) is 0.385. The van der Waals surface area contributed by atoms with Crippen LogP contribution < -0.4 is 0 Å². The Bertz CT molecular complexity index is 530. The van der Waals surface area contributed by atoms with Crippen molar-refractivity contribution in [1.29, 1.82) is 5.41 Å². The zero-order valence-corrected chi connectivity index (χ0v) is 11.5. The number of benzene rings is 1. The minimum atomic E-state index is 0.792. The summed E-state index contributed by atoms with van der Waals surface area (Å²) in [5, 5.41) is 13.3. The van der Waals surface area contributed by atoms with Crippen molar-refractivity contribution in [3.8, 4) is 0 Å². The number of aromatic nitrogens is 2. The van der Waals surface area contributed by atoms with E-state index in [1.807, 2.05) is 16.9 Å². The highest BCUT2D eigenvalue weighted by molar-refractivity contribution is 9.10. The van der Waals surface area contributed by atoms with Gasteiger partial charge in [0.05, 0.1) is 11.7 Å². The SMILES string of the molecule is CCCC(=N)CCn1ncc2cc(Br)ccc21. The van der Waals surface area contributed by atoms with Crippen molar-refractivity contribution in [3.63, 3.8) is 0 Å². The Balaban J connectivity index is 2.11. The Hall–Kier alpha value is -1.16. The van der Waals surface area contributed by atoms with Crippen LogP contribution >= 0.6 is 15.9 Å². The molecule has 90 valence electrons. The number of hydrogen-bond donors (Lipinski definition) is 1. The number of aryl methyl sites for hydroxylation is 1. The Morgan fingerprint density at radius 3 is 3.00 bits per heavy atom. The Morgan fingerprint density at radius 1 is 1.41 bits per heavy atom. The second-order valence-electron chi connectivity index (χ2n) is 4.17. The predicted octanol–water partition coefficient (Wildman–Crippen LogP) is 4.01. The first-order valence-electron chi connectivity index (χ1n) is 5.88. The molecule has 0 spiro atoms. The lowest BCUT2D eigenvalue weighted by Gasteiger charge is -2.04. The predicted molar refractivity (Wildman–Crippen MR) is 74.7 cm³/mol. The number of halogens is 1. The van der Waals surface area contributed by atoms with Gasteiger partial charge in [-0.2, -0.15) is 5.10 Å². The van der Waals surface area contributed by atoms with E-state index >= 15 is 0 Å². The zero-order chi connectivity index (χ0) is 12.3. The molecular formula is C13H16BrN3. The molecule has 1 N–H and O–H groups in total. The van der Waals surface area contributed by atoms with Crippen molar-refractivity contribution in [2.75, 3.05) is 0 Å². The molecule has 0 radical (unpaired) electrons. The standard InChI is InChI=1S/C13H16BrN3/c1-2-3-12(15)6-7-17-13-5-4-11(14)8-10(13)9-16-17/h4-5,8-9,15H,2-3,6-7H2,1H3. The number of hydrogen-bond acceptors (Lipinski definition) is 2. The van der Waals surface area contributed by atoms with E-state index in [1.54, 1.807) is 0 Å². The van der Waals surface area contributed by atoms with Gasteiger partial charge in [-0.15, -0.1) is 0 Å². The van der Waals surface area contributed by atoms with Gasteiger partial charge in [-0.1, -0.05) is 29.3 Å². The normalized spacial score (nSPS) is 10.9. The fourth-order valence-corrected chi connectivity index (χ4v) is 2.28. The van der Waals surface area contributed by atoms with Crippen LogP contribution in [0.25, 0.3) is 10.9 Å². The molecule has 17 heavy (non-hydrogen) atoms. The van der Waals surface area contributed by atoms with Gasteiger partial charge >= 0.3 is 0 Å². The summed E-state index contributed by atoms with van der Waals surface area (Å²) in [6, 6.07) is 6.16. The van der Waals surface area contributed by atoms with E-state index < -0.39 is 0 Å². The monoisotopic (exact) mass is 293 g/mol. The second kappa shape index (κ2) is 5.45. The van der Waals surface area contributed by atoms with E-state index in [0.29, 0.717) is 0 Å². The summed E-state index contributed by atoms with van der Waals surface area (Å²) < 4.78 is 3.05. The van der Waals surface area contributed by atoms with Crippen LogP contribution in [0.1, 0.15) is 26.2 Å². The van der Waals surface area contributed by atoms with Gasteiger partial charge in [-0.3, -0.25) is 4.68 Å². The van der Waals surface area contributed by atoms with Crippen molar-refractivity contribution in [3.05, 3.63) is 28.9 Å². The molecule has 4 heteroatoms. The van der Waals surface area contributed by atoms with E-state index in [0.717, 1.165) is 46.9 Å². The van der Waals surface area contributed by atoms with E-state index in [-0.39, 0.29) is 0 Å². The molecule has 1 aromatic heterocycles. The molecule has 3 nitrogen and oxygen atoms in total. The summed E-state index contributed by atoms with van der Waals surface area (Å²) >= 11 is 3.45. The molecule has 0 aliphatic carbocycles. The van der Waals surface area contributed by atoms with Crippen LogP contribution in [0.3, 0.4) is 0 Å². The van der Waals surface area contributed by atoms with Gasteiger partial charge in [-0.05, 0) is 24.6 Å². The minimum Gasteiger partial charge on any atom is -0.310 e. The first kappa shape index (κ1) is 12.3. The molecule has 2 aromatic rings. The first-order chi connectivity index (χ1) is 8.20. The summed E-state index contributed by atoms with van der Waals surface area (Å²) in [6.45, 7) is 2.90. The van der Waals surface area contributed by atoms with Gasteiger partial charge in [0.2, 0.25) is 0 Å².